The number of methoxy groups -OCH3 is 1. The average molecular weight is 338 g/mol. The fraction of sp³-hybridized carbons (Fsp3) is 0.467. The molecule has 1 aromatic rings. The van der Waals surface area contributed by atoms with Gasteiger partial charge in [0.15, 0.2) is 6.61 Å². The van der Waals surface area contributed by atoms with E-state index in [2.05, 4.69) is 0 Å². The van der Waals surface area contributed by atoms with Crippen LogP contribution in [0.1, 0.15) is 12.8 Å². The monoisotopic (exact) mass is 338 g/mol. The Morgan fingerprint density at radius 1 is 1.46 bits per heavy atom. The first-order chi connectivity index (χ1) is 11.4. The molecule has 1 aliphatic rings. The zero-order chi connectivity index (χ0) is 17.7. The van der Waals surface area contributed by atoms with Gasteiger partial charge in [-0.25, -0.2) is 0 Å². The molecule has 2 atom stereocenters. The second kappa shape index (κ2) is 7.73. The smallest absolute Gasteiger partial charge is 0.305 e. The van der Waals surface area contributed by atoms with Crippen molar-refractivity contribution >= 4 is 17.6 Å². The summed E-state index contributed by atoms with van der Waals surface area (Å²) in [6.07, 6.45) is 0.0735. The van der Waals surface area contributed by atoms with Crippen LogP contribution in [0, 0.1) is 10.1 Å². The first-order valence-corrected chi connectivity index (χ1v) is 7.32. The van der Waals surface area contributed by atoms with Gasteiger partial charge in [0.05, 0.1) is 23.5 Å². The second-order valence-electron chi connectivity index (χ2n) is 5.43. The number of nitrogens with zero attached hydrogens (tertiary/aromatic N) is 2. The van der Waals surface area contributed by atoms with Crippen LogP contribution >= 0.6 is 0 Å². The highest BCUT2D eigenvalue weighted by molar-refractivity contribution is 5.79. The van der Waals surface area contributed by atoms with E-state index in [-0.39, 0.29) is 36.5 Å². The van der Waals surface area contributed by atoms with Gasteiger partial charge in [-0.3, -0.25) is 19.7 Å². The third-order valence-corrected chi connectivity index (χ3v) is 3.83. The zero-order valence-electron chi connectivity index (χ0n) is 13.1. The molecule has 2 rings (SSSR count). The average Bonchev–Trinajstić information content (AvgIpc) is 2.95. The van der Waals surface area contributed by atoms with Gasteiger partial charge in [0.1, 0.15) is 5.75 Å². The minimum Gasteiger partial charge on any atom is -0.484 e. The SMILES string of the molecule is COC1CC(CC(=O)O)N(C(=O)COc2cccc([N+](=O)[O-])c2)C1. The van der Waals surface area contributed by atoms with Crippen molar-refractivity contribution in [3.05, 3.63) is 34.4 Å². The number of carboxylic acids is 1. The maximum atomic E-state index is 12.3. The number of amides is 1. The number of likely N-dealkylation sites (tertiary alicyclic amines) is 1. The number of carbonyl (C=O) groups is 2. The molecule has 9 heteroatoms. The van der Waals surface area contributed by atoms with Gasteiger partial charge >= 0.3 is 5.97 Å². The van der Waals surface area contributed by atoms with Crippen molar-refractivity contribution in [2.75, 3.05) is 20.3 Å². The summed E-state index contributed by atoms with van der Waals surface area (Å²) in [5.41, 5.74) is -0.135. The van der Waals surface area contributed by atoms with E-state index in [9.17, 15) is 19.7 Å². The number of nitro groups is 1. The highest BCUT2D eigenvalue weighted by atomic mass is 16.6. The molecular formula is C15H18N2O7. The summed E-state index contributed by atoms with van der Waals surface area (Å²) in [6.45, 7) is -0.0285. The van der Waals surface area contributed by atoms with Gasteiger partial charge in [0, 0.05) is 25.8 Å². The predicted octanol–water partition coefficient (Wildman–Crippen LogP) is 1.06. The predicted molar refractivity (Wildman–Crippen MR) is 81.8 cm³/mol. The second-order valence-corrected chi connectivity index (χ2v) is 5.43. The van der Waals surface area contributed by atoms with E-state index in [1.165, 1.54) is 36.3 Å². The Morgan fingerprint density at radius 3 is 2.83 bits per heavy atom. The number of hydrogen-bond donors (Lipinski definition) is 1. The molecule has 130 valence electrons. The third kappa shape index (κ3) is 4.42. The van der Waals surface area contributed by atoms with Crippen LogP contribution in [0.3, 0.4) is 0 Å². The van der Waals surface area contributed by atoms with E-state index < -0.39 is 16.9 Å². The van der Waals surface area contributed by atoms with Crippen LogP contribution in [0.15, 0.2) is 24.3 Å². The molecular weight excluding hydrogens is 320 g/mol. The quantitative estimate of drug-likeness (QED) is 0.583. The van der Waals surface area contributed by atoms with Crippen LogP contribution in [0.25, 0.3) is 0 Å². The molecule has 1 fully saturated rings. The molecule has 0 aromatic heterocycles. The van der Waals surface area contributed by atoms with E-state index >= 15 is 0 Å². The third-order valence-electron chi connectivity index (χ3n) is 3.83. The first-order valence-electron chi connectivity index (χ1n) is 7.32. The maximum Gasteiger partial charge on any atom is 0.305 e. The van der Waals surface area contributed by atoms with Crippen molar-refractivity contribution in [1.29, 1.82) is 0 Å². The lowest BCUT2D eigenvalue weighted by Gasteiger charge is -2.23. The number of benzene rings is 1. The topological polar surface area (TPSA) is 119 Å². The lowest BCUT2D eigenvalue weighted by molar-refractivity contribution is -0.384. The van der Waals surface area contributed by atoms with E-state index in [1.54, 1.807) is 0 Å². The molecule has 9 nitrogen and oxygen atoms in total. The van der Waals surface area contributed by atoms with Gasteiger partial charge in [-0.1, -0.05) is 6.07 Å². The Kier molecular flexibility index (Phi) is 5.69. The fourth-order valence-electron chi connectivity index (χ4n) is 2.66. The van der Waals surface area contributed by atoms with Gasteiger partial charge in [-0.05, 0) is 12.5 Å². The Bertz CT molecular complexity index is 634. The Labute approximate surface area is 137 Å². The maximum absolute atomic E-state index is 12.3. The molecule has 1 heterocycles. The highest BCUT2D eigenvalue weighted by Gasteiger charge is 2.36. The zero-order valence-corrected chi connectivity index (χ0v) is 13.1. The van der Waals surface area contributed by atoms with Crippen LogP contribution in [-0.2, 0) is 14.3 Å². The molecule has 0 aliphatic carbocycles. The Morgan fingerprint density at radius 2 is 2.21 bits per heavy atom. The molecule has 1 aliphatic heterocycles. The number of aliphatic carboxylic acids is 1. The number of rotatable bonds is 7. The van der Waals surface area contributed by atoms with Crippen LogP contribution in [0.5, 0.6) is 5.75 Å². The number of carboxylic acid groups (broad SMARTS) is 1. The molecule has 24 heavy (non-hydrogen) atoms. The van der Waals surface area contributed by atoms with Crippen LogP contribution in [0.2, 0.25) is 0 Å². The van der Waals surface area contributed by atoms with Gasteiger partial charge in [-0.2, -0.15) is 0 Å². The molecule has 0 saturated carbocycles. The Balaban J connectivity index is 1.98. The summed E-state index contributed by atoms with van der Waals surface area (Å²) in [5.74, 6) is -1.17. The van der Waals surface area contributed by atoms with Crippen molar-refractivity contribution in [3.63, 3.8) is 0 Å². The molecule has 1 saturated heterocycles. The van der Waals surface area contributed by atoms with Crippen molar-refractivity contribution in [2.24, 2.45) is 0 Å². The van der Waals surface area contributed by atoms with Crippen LogP contribution < -0.4 is 4.74 Å². The standard InChI is InChI=1S/C15H18N2O7/c1-23-13-6-11(7-15(19)20)16(8-13)14(18)9-24-12-4-2-3-10(5-12)17(21)22/h2-5,11,13H,6-9H2,1H3,(H,19,20). The number of ether oxygens (including phenoxy) is 2. The van der Waals surface area contributed by atoms with E-state index in [0.717, 1.165) is 0 Å². The minimum absolute atomic E-state index is 0.135. The summed E-state index contributed by atoms with van der Waals surface area (Å²) in [4.78, 5) is 34.8. The van der Waals surface area contributed by atoms with E-state index in [0.29, 0.717) is 13.0 Å². The summed E-state index contributed by atoms with van der Waals surface area (Å²) >= 11 is 0. The molecule has 1 amide bonds. The van der Waals surface area contributed by atoms with Gasteiger partial charge in [0.2, 0.25) is 0 Å². The van der Waals surface area contributed by atoms with Crippen molar-refractivity contribution in [3.8, 4) is 5.75 Å². The van der Waals surface area contributed by atoms with E-state index in [4.69, 9.17) is 14.6 Å². The number of carbonyl (C=O) groups excluding carboxylic acids is 1. The summed E-state index contributed by atoms with van der Waals surface area (Å²) in [6, 6.07) is 5.07. The van der Waals surface area contributed by atoms with Gasteiger partial charge in [0.25, 0.3) is 11.6 Å². The highest BCUT2D eigenvalue weighted by Crippen LogP contribution is 2.24. The van der Waals surface area contributed by atoms with Crippen molar-refractivity contribution in [2.45, 2.75) is 25.0 Å². The molecule has 0 spiro atoms. The molecule has 1 aromatic carbocycles. The molecule has 0 radical (unpaired) electrons. The summed E-state index contributed by atoms with van der Waals surface area (Å²) in [7, 11) is 1.51. The number of non-ortho nitro benzene ring substituents is 1. The van der Waals surface area contributed by atoms with Crippen LogP contribution in [-0.4, -0.2) is 59.2 Å². The van der Waals surface area contributed by atoms with Crippen LogP contribution in [0.4, 0.5) is 5.69 Å². The summed E-state index contributed by atoms with van der Waals surface area (Å²) < 4.78 is 10.5. The number of hydrogen-bond acceptors (Lipinski definition) is 6. The molecule has 1 N–H and O–H groups in total. The normalized spacial score (nSPS) is 20.0. The van der Waals surface area contributed by atoms with Gasteiger partial charge in [-0.15, -0.1) is 0 Å². The molecule has 2 unspecified atom stereocenters. The number of nitro benzene ring substituents is 1. The molecule has 0 bridgehead atoms. The summed E-state index contributed by atoms with van der Waals surface area (Å²) in [5, 5.41) is 19.7. The van der Waals surface area contributed by atoms with Crippen molar-refractivity contribution in [1.82, 2.24) is 4.90 Å². The largest absolute Gasteiger partial charge is 0.484 e. The lowest BCUT2D eigenvalue weighted by atomic mass is 10.1. The first kappa shape index (κ1) is 17.7. The Hall–Kier alpha value is -2.68. The van der Waals surface area contributed by atoms with Crippen molar-refractivity contribution < 1.29 is 29.1 Å². The lowest BCUT2D eigenvalue weighted by Crippen LogP contribution is -2.40. The van der Waals surface area contributed by atoms with Gasteiger partial charge < -0.3 is 19.5 Å². The van der Waals surface area contributed by atoms with E-state index in [1.807, 2.05) is 0 Å². The fourth-order valence-corrected chi connectivity index (χ4v) is 2.66. The minimum atomic E-state index is -0.992.